The highest BCUT2D eigenvalue weighted by atomic mass is 32.2. The summed E-state index contributed by atoms with van der Waals surface area (Å²) < 4.78 is 28.8. The van der Waals surface area contributed by atoms with Crippen LogP contribution in [0.25, 0.3) is 0 Å². The fourth-order valence-corrected chi connectivity index (χ4v) is 5.25. The molecule has 1 heterocycles. The quantitative estimate of drug-likeness (QED) is 0.636. The van der Waals surface area contributed by atoms with Gasteiger partial charge in [-0.15, -0.1) is 0 Å². The van der Waals surface area contributed by atoms with E-state index in [0.717, 1.165) is 16.8 Å². The molecule has 7 nitrogen and oxygen atoms in total. The number of benzene rings is 2. The highest BCUT2D eigenvalue weighted by Gasteiger charge is 2.31. The van der Waals surface area contributed by atoms with Crippen molar-refractivity contribution in [3.8, 4) is 0 Å². The number of nitrogens with one attached hydrogen (secondary N) is 2. The Morgan fingerprint density at radius 3 is 2.38 bits per heavy atom. The zero-order chi connectivity index (χ0) is 23.5. The van der Waals surface area contributed by atoms with E-state index in [2.05, 4.69) is 10.0 Å². The van der Waals surface area contributed by atoms with Crippen molar-refractivity contribution in [2.45, 2.75) is 57.5 Å². The molecule has 2 atom stereocenters. The molecule has 0 aromatic heterocycles. The zero-order valence-corrected chi connectivity index (χ0v) is 19.8. The molecule has 0 aliphatic carbocycles. The Bertz CT molecular complexity index is 1080. The van der Waals surface area contributed by atoms with E-state index in [1.807, 2.05) is 37.3 Å². The Balaban J connectivity index is 1.77. The molecule has 8 heteroatoms. The molecular weight excluding hydrogens is 426 g/mol. The molecule has 1 aliphatic heterocycles. The molecule has 0 radical (unpaired) electrons. The topological polar surface area (TPSA) is 95.6 Å². The fraction of sp³-hybridized carbons (Fsp3) is 0.417. The third-order valence-electron chi connectivity index (χ3n) is 5.75. The maximum atomic E-state index is 13.1. The lowest BCUT2D eigenvalue weighted by atomic mass is 10.0. The van der Waals surface area contributed by atoms with Crippen LogP contribution in [-0.2, 0) is 26.0 Å². The van der Waals surface area contributed by atoms with Gasteiger partial charge in [-0.2, -0.15) is 4.72 Å². The van der Waals surface area contributed by atoms with Gasteiger partial charge in [-0.05, 0) is 48.6 Å². The van der Waals surface area contributed by atoms with Crippen LogP contribution >= 0.6 is 0 Å². The van der Waals surface area contributed by atoms with Crippen LogP contribution in [0.1, 0.15) is 51.3 Å². The molecule has 0 saturated heterocycles. The number of anilines is 1. The molecule has 0 fully saturated rings. The molecule has 2 aromatic carbocycles. The van der Waals surface area contributed by atoms with Crippen LogP contribution in [0.5, 0.6) is 0 Å². The molecule has 0 spiro atoms. The minimum atomic E-state index is -3.93. The van der Waals surface area contributed by atoms with Gasteiger partial charge in [0.25, 0.3) is 0 Å². The van der Waals surface area contributed by atoms with Crippen molar-refractivity contribution >= 4 is 27.5 Å². The number of carbonyl (C=O) groups excluding carboxylic acids is 2. The van der Waals surface area contributed by atoms with Gasteiger partial charge in [0.1, 0.15) is 6.04 Å². The van der Waals surface area contributed by atoms with Crippen molar-refractivity contribution < 1.29 is 18.0 Å². The van der Waals surface area contributed by atoms with Gasteiger partial charge in [0.15, 0.2) is 0 Å². The molecule has 0 bridgehead atoms. The highest BCUT2D eigenvalue weighted by Crippen LogP contribution is 2.30. The molecule has 3 rings (SSSR count). The van der Waals surface area contributed by atoms with Crippen LogP contribution in [0.15, 0.2) is 53.4 Å². The van der Waals surface area contributed by atoms with Crippen molar-refractivity contribution in [3.63, 3.8) is 0 Å². The number of sulfonamides is 1. The summed E-state index contributed by atoms with van der Waals surface area (Å²) in [5, 5.41) is 2.91. The van der Waals surface area contributed by atoms with E-state index in [-0.39, 0.29) is 28.7 Å². The van der Waals surface area contributed by atoms with E-state index in [1.165, 1.54) is 6.07 Å². The lowest BCUT2D eigenvalue weighted by Gasteiger charge is -2.24. The molecule has 2 N–H and O–H groups in total. The lowest BCUT2D eigenvalue weighted by molar-refractivity contribution is -0.124. The van der Waals surface area contributed by atoms with Gasteiger partial charge in [-0.25, -0.2) is 8.42 Å². The summed E-state index contributed by atoms with van der Waals surface area (Å²) in [6, 6.07) is 13.1. The van der Waals surface area contributed by atoms with Gasteiger partial charge in [-0.3, -0.25) is 9.59 Å². The summed E-state index contributed by atoms with van der Waals surface area (Å²) in [6.45, 7) is 7.82. The van der Waals surface area contributed by atoms with Crippen LogP contribution in [0.2, 0.25) is 0 Å². The van der Waals surface area contributed by atoms with Crippen molar-refractivity contribution in [3.05, 3.63) is 59.7 Å². The maximum absolute atomic E-state index is 13.1. The number of amides is 2. The first kappa shape index (κ1) is 23.9. The number of hydrogen-bond donors (Lipinski definition) is 2. The van der Waals surface area contributed by atoms with E-state index in [4.69, 9.17) is 0 Å². The SMILES string of the molecule is CCC(=O)N1CCc2cc(S(=O)(=O)N[C@@H](C(=O)N[C@H](C)c3ccccc3)C(C)C)ccc21. The normalized spacial score (nSPS) is 15.3. The minimum Gasteiger partial charge on any atom is -0.348 e. The van der Waals surface area contributed by atoms with Gasteiger partial charge in [0.05, 0.1) is 10.9 Å². The van der Waals surface area contributed by atoms with Crippen molar-refractivity contribution in [2.24, 2.45) is 5.92 Å². The average molecular weight is 458 g/mol. The molecule has 2 amide bonds. The van der Waals surface area contributed by atoms with E-state index in [1.54, 1.807) is 37.8 Å². The Labute approximate surface area is 190 Å². The molecular formula is C24H31N3O4S. The van der Waals surface area contributed by atoms with Crippen molar-refractivity contribution in [1.29, 1.82) is 0 Å². The average Bonchev–Trinajstić information content (AvgIpc) is 3.20. The van der Waals surface area contributed by atoms with E-state index >= 15 is 0 Å². The van der Waals surface area contributed by atoms with E-state index < -0.39 is 16.1 Å². The van der Waals surface area contributed by atoms with E-state index in [0.29, 0.717) is 19.4 Å². The third kappa shape index (κ3) is 5.19. The first-order chi connectivity index (χ1) is 15.1. The van der Waals surface area contributed by atoms with Crippen LogP contribution in [0.3, 0.4) is 0 Å². The summed E-state index contributed by atoms with van der Waals surface area (Å²) in [5.41, 5.74) is 2.51. The lowest BCUT2D eigenvalue weighted by Crippen LogP contribution is -2.50. The van der Waals surface area contributed by atoms with Gasteiger partial charge in [-0.1, -0.05) is 51.1 Å². The van der Waals surface area contributed by atoms with Crippen LogP contribution in [0.4, 0.5) is 5.69 Å². The second kappa shape index (κ2) is 9.83. The molecule has 0 unspecified atom stereocenters. The van der Waals surface area contributed by atoms with Crippen molar-refractivity contribution in [2.75, 3.05) is 11.4 Å². The highest BCUT2D eigenvalue weighted by molar-refractivity contribution is 7.89. The Morgan fingerprint density at radius 1 is 1.06 bits per heavy atom. The number of nitrogens with zero attached hydrogens (tertiary/aromatic N) is 1. The Morgan fingerprint density at radius 2 is 1.75 bits per heavy atom. The molecule has 2 aromatic rings. The Hall–Kier alpha value is -2.71. The standard InChI is InChI=1S/C24H31N3O4S/c1-5-22(28)27-14-13-19-15-20(11-12-21(19)27)32(30,31)26-23(16(2)3)24(29)25-17(4)18-9-7-6-8-10-18/h6-12,15-17,23,26H,5,13-14H2,1-4H3,(H,25,29)/t17-,23-/m1/s1. The number of rotatable bonds is 8. The molecule has 172 valence electrons. The molecule has 32 heavy (non-hydrogen) atoms. The first-order valence-corrected chi connectivity index (χ1v) is 12.4. The second-order valence-electron chi connectivity index (χ2n) is 8.42. The van der Waals surface area contributed by atoms with Gasteiger partial charge >= 0.3 is 0 Å². The molecule has 1 aliphatic rings. The van der Waals surface area contributed by atoms with Crippen molar-refractivity contribution in [1.82, 2.24) is 10.0 Å². The number of hydrogen-bond acceptors (Lipinski definition) is 4. The predicted octanol–water partition coefficient (Wildman–Crippen LogP) is 3.17. The number of fused-ring (bicyclic) bond motifs is 1. The summed E-state index contributed by atoms with van der Waals surface area (Å²) in [6.07, 6.45) is 1.00. The zero-order valence-electron chi connectivity index (χ0n) is 19.0. The Kier molecular flexibility index (Phi) is 7.36. The van der Waals surface area contributed by atoms with Crippen LogP contribution < -0.4 is 14.9 Å². The first-order valence-electron chi connectivity index (χ1n) is 10.9. The second-order valence-corrected chi connectivity index (χ2v) is 10.1. The van der Waals surface area contributed by atoms with Gasteiger partial charge in [0.2, 0.25) is 21.8 Å². The summed E-state index contributed by atoms with van der Waals surface area (Å²) in [7, 11) is -3.93. The minimum absolute atomic E-state index is 0.0153. The third-order valence-corrected chi connectivity index (χ3v) is 7.19. The fourth-order valence-electron chi connectivity index (χ4n) is 3.85. The largest absolute Gasteiger partial charge is 0.348 e. The predicted molar refractivity (Wildman–Crippen MR) is 125 cm³/mol. The van der Waals surface area contributed by atoms with E-state index in [9.17, 15) is 18.0 Å². The van der Waals surface area contributed by atoms with Crippen LogP contribution in [0, 0.1) is 5.92 Å². The molecule has 0 saturated carbocycles. The number of carbonyl (C=O) groups is 2. The van der Waals surface area contributed by atoms with Crippen LogP contribution in [-0.4, -0.2) is 32.8 Å². The maximum Gasteiger partial charge on any atom is 0.241 e. The summed E-state index contributed by atoms with van der Waals surface area (Å²) in [5.74, 6) is -0.609. The monoisotopic (exact) mass is 457 g/mol. The summed E-state index contributed by atoms with van der Waals surface area (Å²) >= 11 is 0. The van der Waals surface area contributed by atoms with Gasteiger partial charge < -0.3 is 10.2 Å². The summed E-state index contributed by atoms with van der Waals surface area (Å²) in [4.78, 5) is 26.8. The van der Waals surface area contributed by atoms with Gasteiger partial charge in [0, 0.05) is 18.7 Å². The smallest absolute Gasteiger partial charge is 0.241 e.